The third kappa shape index (κ3) is 4.13. The highest BCUT2D eigenvalue weighted by atomic mass is 32.2. The molecule has 1 N–H and O–H groups in total. The number of benzene rings is 1. The fraction of sp³-hybridized carbons (Fsp3) is 0.538. The van der Waals surface area contributed by atoms with Crippen LogP contribution in [0.4, 0.5) is 0 Å². The molecule has 0 radical (unpaired) electrons. The molecule has 0 unspecified atom stereocenters. The maximum absolute atomic E-state index is 12.1. The minimum atomic E-state index is -3.16. The highest BCUT2D eigenvalue weighted by Crippen LogP contribution is 2.17. The summed E-state index contributed by atoms with van der Waals surface area (Å²) in [5.74, 6) is 0.164. The maximum atomic E-state index is 12.1. The van der Waals surface area contributed by atoms with Gasteiger partial charge in [0.05, 0.1) is 10.6 Å². The molecular weight excluding hydrogens is 234 g/mol. The molecule has 0 aliphatic rings. The molecule has 0 amide bonds. The summed E-state index contributed by atoms with van der Waals surface area (Å²) in [5, 5.41) is 3.12. The van der Waals surface area contributed by atoms with Crippen LogP contribution >= 0.6 is 0 Å². The molecule has 0 spiro atoms. The van der Waals surface area contributed by atoms with Crippen LogP contribution in [0.3, 0.4) is 0 Å². The molecule has 17 heavy (non-hydrogen) atoms. The summed E-state index contributed by atoms with van der Waals surface area (Å²) in [6.45, 7) is 7.19. The highest BCUT2D eigenvalue weighted by molar-refractivity contribution is 7.91. The molecule has 0 bridgehead atoms. The van der Waals surface area contributed by atoms with Gasteiger partial charge >= 0.3 is 0 Å². The average Bonchev–Trinajstić information content (AvgIpc) is 2.28. The zero-order valence-corrected chi connectivity index (χ0v) is 11.6. The Hall–Kier alpha value is -0.870. The van der Waals surface area contributed by atoms with Gasteiger partial charge in [0.25, 0.3) is 0 Å². The molecular formula is C13H21NO2S. The second-order valence-corrected chi connectivity index (χ2v) is 6.42. The first-order chi connectivity index (χ1) is 7.97. The summed E-state index contributed by atoms with van der Waals surface area (Å²) >= 11 is 0. The van der Waals surface area contributed by atoms with E-state index in [1.165, 1.54) is 0 Å². The van der Waals surface area contributed by atoms with E-state index in [-0.39, 0.29) is 5.75 Å². The van der Waals surface area contributed by atoms with E-state index < -0.39 is 9.84 Å². The number of sulfone groups is 1. The topological polar surface area (TPSA) is 46.2 Å². The average molecular weight is 255 g/mol. The molecule has 0 aliphatic heterocycles. The predicted octanol–water partition coefficient (Wildman–Crippen LogP) is 2.08. The van der Waals surface area contributed by atoms with Gasteiger partial charge in [0.1, 0.15) is 0 Å². The molecule has 4 heteroatoms. The second-order valence-electron chi connectivity index (χ2n) is 4.34. The van der Waals surface area contributed by atoms with Crippen molar-refractivity contribution in [3.8, 4) is 0 Å². The summed E-state index contributed by atoms with van der Waals surface area (Å²) in [5.41, 5.74) is 1.81. The summed E-state index contributed by atoms with van der Waals surface area (Å²) in [4.78, 5) is 0.468. The predicted molar refractivity (Wildman–Crippen MR) is 71.1 cm³/mol. The van der Waals surface area contributed by atoms with Gasteiger partial charge in [0.2, 0.25) is 0 Å². The molecule has 0 fully saturated rings. The molecule has 0 atom stereocenters. The SMILES string of the molecule is CCCNCCS(=O)(=O)c1cc(C)ccc1C. The third-order valence-corrected chi connectivity index (χ3v) is 4.50. The van der Waals surface area contributed by atoms with E-state index in [1.54, 1.807) is 6.07 Å². The second kappa shape index (κ2) is 6.17. The van der Waals surface area contributed by atoms with E-state index >= 15 is 0 Å². The van der Waals surface area contributed by atoms with Crippen LogP contribution in [0.2, 0.25) is 0 Å². The summed E-state index contributed by atoms with van der Waals surface area (Å²) in [7, 11) is -3.16. The molecule has 3 nitrogen and oxygen atoms in total. The molecule has 0 saturated heterocycles. The Bertz CT molecular complexity index is 466. The van der Waals surface area contributed by atoms with Gasteiger partial charge in [-0.05, 0) is 44.0 Å². The summed E-state index contributed by atoms with van der Waals surface area (Å²) in [6, 6.07) is 5.55. The molecule has 1 rings (SSSR count). The first-order valence-corrected chi connectivity index (χ1v) is 7.63. The lowest BCUT2D eigenvalue weighted by atomic mass is 10.2. The van der Waals surface area contributed by atoms with E-state index in [2.05, 4.69) is 12.2 Å². The maximum Gasteiger partial charge on any atom is 0.179 e. The number of hydrogen-bond acceptors (Lipinski definition) is 3. The molecule has 0 aliphatic carbocycles. The van der Waals surface area contributed by atoms with Crippen LogP contribution in [-0.4, -0.2) is 27.3 Å². The number of aryl methyl sites for hydroxylation is 2. The van der Waals surface area contributed by atoms with Gasteiger partial charge in [-0.15, -0.1) is 0 Å². The van der Waals surface area contributed by atoms with Crippen molar-refractivity contribution >= 4 is 9.84 Å². The van der Waals surface area contributed by atoms with Crippen LogP contribution in [0.5, 0.6) is 0 Å². The van der Waals surface area contributed by atoms with Crippen molar-refractivity contribution in [3.05, 3.63) is 29.3 Å². The molecule has 0 heterocycles. The smallest absolute Gasteiger partial charge is 0.179 e. The van der Waals surface area contributed by atoms with Gasteiger partial charge in [0, 0.05) is 6.54 Å². The molecule has 0 aromatic heterocycles. The van der Waals surface area contributed by atoms with Crippen LogP contribution in [0.1, 0.15) is 24.5 Å². The Balaban J connectivity index is 2.79. The van der Waals surface area contributed by atoms with Crippen molar-refractivity contribution in [1.82, 2.24) is 5.32 Å². The fourth-order valence-electron chi connectivity index (χ4n) is 1.66. The quantitative estimate of drug-likeness (QED) is 0.792. The van der Waals surface area contributed by atoms with Gasteiger partial charge < -0.3 is 5.32 Å². The summed E-state index contributed by atoms with van der Waals surface area (Å²) < 4.78 is 24.3. The van der Waals surface area contributed by atoms with Crippen molar-refractivity contribution in [2.24, 2.45) is 0 Å². The van der Waals surface area contributed by atoms with Crippen LogP contribution in [0, 0.1) is 13.8 Å². The first kappa shape index (κ1) is 14.2. The summed E-state index contributed by atoms with van der Waals surface area (Å²) in [6.07, 6.45) is 1.02. The third-order valence-electron chi connectivity index (χ3n) is 2.65. The zero-order valence-electron chi connectivity index (χ0n) is 10.8. The lowest BCUT2D eigenvalue weighted by molar-refractivity contribution is 0.589. The van der Waals surface area contributed by atoms with E-state index in [0.717, 1.165) is 24.1 Å². The zero-order chi connectivity index (χ0) is 12.9. The van der Waals surface area contributed by atoms with E-state index in [9.17, 15) is 8.42 Å². The van der Waals surface area contributed by atoms with Crippen molar-refractivity contribution in [2.75, 3.05) is 18.8 Å². The van der Waals surface area contributed by atoms with Crippen LogP contribution in [0.15, 0.2) is 23.1 Å². The lowest BCUT2D eigenvalue weighted by Gasteiger charge is -2.09. The van der Waals surface area contributed by atoms with Gasteiger partial charge in [-0.25, -0.2) is 8.42 Å². The van der Waals surface area contributed by atoms with Gasteiger partial charge in [0.15, 0.2) is 9.84 Å². The minimum Gasteiger partial charge on any atom is -0.316 e. The van der Waals surface area contributed by atoms with Gasteiger partial charge in [-0.2, -0.15) is 0 Å². The fourth-order valence-corrected chi connectivity index (χ4v) is 3.22. The Morgan fingerprint density at radius 1 is 1.18 bits per heavy atom. The lowest BCUT2D eigenvalue weighted by Crippen LogP contribution is -2.24. The Morgan fingerprint density at radius 2 is 1.88 bits per heavy atom. The van der Waals surface area contributed by atoms with Crippen molar-refractivity contribution in [2.45, 2.75) is 32.1 Å². The molecule has 1 aromatic carbocycles. The van der Waals surface area contributed by atoms with E-state index in [0.29, 0.717) is 11.4 Å². The van der Waals surface area contributed by atoms with E-state index in [4.69, 9.17) is 0 Å². The molecule has 1 aromatic rings. The van der Waals surface area contributed by atoms with Crippen molar-refractivity contribution in [1.29, 1.82) is 0 Å². The van der Waals surface area contributed by atoms with Gasteiger partial charge in [-0.3, -0.25) is 0 Å². The molecule has 0 saturated carbocycles. The van der Waals surface area contributed by atoms with Crippen molar-refractivity contribution in [3.63, 3.8) is 0 Å². The normalized spacial score (nSPS) is 11.7. The highest BCUT2D eigenvalue weighted by Gasteiger charge is 2.16. The Morgan fingerprint density at radius 3 is 2.53 bits per heavy atom. The monoisotopic (exact) mass is 255 g/mol. The molecule has 96 valence electrons. The number of rotatable bonds is 6. The van der Waals surface area contributed by atoms with Gasteiger partial charge in [-0.1, -0.05) is 19.1 Å². The number of nitrogens with one attached hydrogen (secondary N) is 1. The minimum absolute atomic E-state index is 0.164. The first-order valence-electron chi connectivity index (χ1n) is 5.98. The largest absolute Gasteiger partial charge is 0.316 e. The van der Waals surface area contributed by atoms with Crippen LogP contribution in [-0.2, 0) is 9.84 Å². The number of hydrogen-bond donors (Lipinski definition) is 1. The van der Waals surface area contributed by atoms with E-state index in [1.807, 2.05) is 26.0 Å². The standard InChI is InChI=1S/C13H21NO2S/c1-4-7-14-8-9-17(15,16)13-10-11(2)5-6-12(13)3/h5-6,10,14H,4,7-9H2,1-3H3. The Kier molecular flexibility index (Phi) is 5.15. The Labute approximate surface area is 104 Å². The van der Waals surface area contributed by atoms with Crippen LogP contribution in [0.25, 0.3) is 0 Å². The van der Waals surface area contributed by atoms with Crippen LogP contribution < -0.4 is 5.32 Å². The van der Waals surface area contributed by atoms with Crippen molar-refractivity contribution < 1.29 is 8.42 Å².